The second-order valence-corrected chi connectivity index (χ2v) is 7.63. The van der Waals surface area contributed by atoms with Crippen LogP contribution in [0, 0.1) is 0 Å². The second kappa shape index (κ2) is 8.22. The van der Waals surface area contributed by atoms with Crippen molar-refractivity contribution in [2.45, 2.75) is 16.5 Å². The summed E-state index contributed by atoms with van der Waals surface area (Å²) in [5.41, 5.74) is 1.43. The lowest BCUT2D eigenvalue weighted by Crippen LogP contribution is -2.53. The third-order valence-corrected chi connectivity index (χ3v) is 3.97. The molecule has 1 atom stereocenters. The Morgan fingerprint density at radius 2 is 1.61 bits per heavy atom. The van der Waals surface area contributed by atoms with Gasteiger partial charge in [0.1, 0.15) is 6.17 Å². The Balaban J connectivity index is 2.04. The predicted octanol–water partition coefficient (Wildman–Crippen LogP) is 4.56. The SMILES string of the molecule is O=C(N[C@@H](NCc1ccccc1)C(Cl)(Cl)Cl)c1ccc(Cl)cc1. The highest BCUT2D eigenvalue weighted by atomic mass is 35.6. The van der Waals surface area contributed by atoms with Gasteiger partial charge < -0.3 is 5.32 Å². The Morgan fingerprint density at radius 3 is 2.17 bits per heavy atom. The van der Waals surface area contributed by atoms with Crippen LogP contribution in [-0.4, -0.2) is 15.9 Å². The molecule has 0 unspecified atom stereocenters. The molecule has 23 heavy (non-hydrogen) atoms. The van der Waals surface area contributed by atoms with Gasteiger partial charge in [0.05, 0.1) is 0 Å². The van der Waals surface area contributed by atoms with Crippen LogP contribution in [0.4, 0.5) is 0 Å². The fraction of sp³-hybridized carbons (Fsp3) is 0.188. The Morgan fingerprint density at radius 1 is 1.00 bits per heavy atom. The van der Waals surface area contributed by atoms with E-state index in [0.29, 0.717) is 17.1 Å². The molecule has 0 bridgehead atoms. The Bertz CT molecular complexity index is 641. The maximum absolute atomic E-state index is 12.3. The molecule has 2 aromatic rings. The van der Waals surface area contributed by atoms with E-state index in [1.807, 2.05) is 30.3 Å². The fourth-order valence-corrected chi connectivity index (χ4v) is 2.40. The van der Waals surface area contributed by atoms with Crippen molar-refractivity contribution in [3.63, 3.8) is 0 Å². The third-order valence-electron chi connectivity index (χ3n) is 3.06. The molecule has 7 heteroatoms. The zero-order valence-corrected chi connectivity index (χ0v) is 14.9. The highest BCUT2D eigenvalue weighted by Crippen LogP contribution is 2.29. The van der Waals surface area contributed by atoms with E-state index in [9.17, 15) is 4.79 Å². The van der Waals surface area contributed by atoms with Gasteiger partial charge in [-0.3, -0.25) is 10.1 Å². The average molecular weight is 392 g/mol. The van der Waals surface area contributed by atoms with Crippen molar-refractivity contribution in [3.05, 3.63) is 70.7 Å². The van der Waals surface area contributed by atoms with Crippen molar-refractivity contribution >= 4 is 52.3 Å². The topological polar surface area (TPSA) is 41.1 Å². The number of halogens is 4. The van der Waals surface area contributed by atoms with E-state index >= 15 is 0 Å². The van der Waals surface area contributed by atoms with Crippen LogP contribution in [0.3, 0.4) is 0 Å². The molecule has 0 radical (unpaired) electrons. The molecule has 0 heterocycles. The molecule has 0 spiro atoms. The number of nitrogens with one attached hydrogen (secondary N) is 2. The summed E-state index contributed by atoms with van der Waals surface area (Å²) in [6, 6.07) is 16.1. The summed E-state index contributed by atoms with van der Waals surface area (Å²) in [7, 11) is 0. The van der Waals surface area contributed by atoms with Crippen molar-refractivity contribution in [1.82, 2.24) is 10.6 Å². The Hall–Kier alpha value is -0.970. The van der Waals surface area contributed by atoms with Crippen molar-refractivity contribution in [3.8, 4) is 0 Å². The molecule has 2 rings (SSSR count). The van der Waals surface area contributed by atoms with Crippen LogP contribution in [0.25, 0.3) is 0 Å². The number of hydrogen-bond acceptors (Lipinski definition) is 2. The van der Waals surface area contributed by atoms with Gasteiger partial charge in [-0.1, -0.05) is 76.7 Å². The van der Waals surface area contributed by atoms with E-state index in [4.69, 9.17) is 46.4 Å². The standard InChI is InChI=1S/C16H14Cl4N2O/c17-13-8-6-12(7-9-13)14(23)22-15(16(18,19)20)21-10-11-4-2-1-3-5-11/h1-9,15,21H,10H2,(H,22,23)/t15-/m1/s1. The highest BCUT2D eigenvalue weighted by molar-refractivity contribution is 6.68. The normalized spacial score (nSPS) is 12.7. The number of hydrogen-bond donors (Lipinski definition) is 2. The summed E-state index contributed by atoms with van der Waals surface area (Å²) in [6.45, 7) is 0.445. The minimum Gasteiger partial charge on any atom is -0.333 e. The minimum absolute atomic E-state index is 0.362. The summed E-state index contributed by atoms with van der Waals surface area (Å²) in [5, 5.41) is 6.25. The van der Waals surface area contributed by atoms with Crippen LogP contribution < -0.4 is 10.6 Å². The molecule has 0 saturated heterocycles. The highest BCUT2D eigenvalue weighted by Gasteiger charge is 2.33. The molecule has 122 valence electrons. The molecule has 0 fully saturated rings. The van der Waals surface area contributed by atoms with Gasteiger partial charge in [-0.05, 0) is 29.8 Å². The average Bonchev–Trinajstić information content (AvgIpc) is 2.51. The maximum Gasteiger partial charge on any atom is 0.252 e. The van der Waals surface area contributed by atoms with E-state index in [1.54, 1.807) is 24.3 Å². The van der Waals surface area contributed by atoms with Crippen LogP contribution in [0.15, 0.2) is 54.6 Å². The van der Waals surface area contributed by atoms with Crippen molar-refractivity contribution in [1.29, 1.82) is 0 Å². The monoisotopic (exact) mass is 390 g/mol. The smallest absolute Gasteiger partial charge is 0.252 e. The third kappa shape index (κ3) is 5.87. The Kier molecular flexibility index (Phi) is 6.57. The molecule has 0 aliphatic carbocycles. The van der Waals surface area contributed by atoms with E-state index < -0.39 is 9.96 Å². The lowest BCUT2D eigenvalue weighted by molar-refractivity contribution is 0.0929. The van der Waals surface area contributed by atoms with Gasteiger partial charge in [0.25, 0.3) is 5.91 Å². The second-order valence-electron chi connectivity index (χ2n) is 4.82. The largest absolute Gasteiger partial charge is 0.333 e. The van der Waals surface area contributed by atoms with E-state index in [2.05, 4.69) is 10.6 Å². The maximum atomic E-state index is 12.3. The summed E-state index contributed by atoms with van der Waals surface area (Å²) in [4.78, 5) is 12.3. The van der Waals surface area contributed by atoms with Gasteiger partial charge in [0.2, 0.25) is 3.79 Å². The number of alkyl halides is 3. The fourth-order valence-electron chi connectivity index (χ4n) is 1.88. The molecular weight excluding hydrogens is 378 g/mol. The van der Waals surface area contributed by atoms with Crippen LogP contribution in [0.5, 0.6) is 0 Å². The zero-order valence-electron chi connectivity index (χ0n) is 11.9. The lowest BCUT2D eigenvalue weighted by atomic mass is 10.2. The van der Waals surface area contributed by atoms with Crippen LogP contribution in [-0.2, 0) is 6.54 Å². The van der Waals surface area contributed by atoms with Gasteiger partial charge in [0, 0.05) is 17.1 Å². The molecule has 0 aliphatic heterocycles. The summed E-state index contributed by atoms with van der Waals surface area (Å²) >= 11 is 23.7. The first kappa shape index (κ1) is 18.4. The van der Waals surface area contributed by atoms with Crippen LogP contribution in [0.1, 0.15) is 15.9 Å². The van der Waals surface area contributed by atoms with Crippen LogP contribution >= 0.6 is 46.4 Å². The molecular formula is C16H14Cl4N2O. The molecule has 2 aromatic carbocycles. The minimum atomic E-state index is -1.70. The summed E-state index contributed by atoms with van der Waals surface area (Å²) in [6.07, 6.45) is -0.851. The van der Waals surface area contributed by atoms with Crippen molar-refractivity contribution < 1.29 is 4.79 Å². The number of amides is 1. The van der Waals surface area contributed by atoms with E-state index in [1.165, 1.54) is 0 Å². The number of rotatable bonds is 5. The summed E-state index contributed by atoms with van der Waals surface area (Å²) < 4.78 is -1.70. The van der Waals surface area contributed by atoms with Gasteiger partial charge in [0.15, 0.2) is 0 Å². The number of benzene rings is 2. The zero-order chi connectivity index (χ0) is 16.9. The van der Waals surface area contributed by atoms with Gasteiger partial charge in [-0.25, -0.2) is 0 Å². The molecule has 1 amide bonds. The van der Waals surface area contributed by atoms with E-state index in [0.717, 1.165) is 5.56 Å². The van der Waals surface area contributed by atoms with Crippen molar-refractivity contribution in [2.24, 2.45) is 0 Å². The van der Waals surface area contributed by atoms with E-state index in [-0.39, 0.29) is 5.91 Å². The summed E-state index contributed by atoms with van der Waals surface area (Å²) in [5.74, 6) is -0.362. The van der Waals surface area contributed by atoms with Crippen molar-refractivity contribution in [2.75, 3.05) is 0 Å². The van der Waals surface area contributed by atoms with Gasteiger partial charge in [-0.2, -0.15) is 0 Å². The predicted molar refractivity (Wildman–Crippen MR) is 96.3 cm³/mol. The first-order chi connectivity index (χ1) is 10.9. The lowest BCUT2D eigenvalue weighted by Gasteiger charge is -2.26. The molecule has 0 saturated carbocycles. The molecule has 0 aromatic heterocycles. The number of carbonyl (C=O) groups excluding carboxylic acids is 1. The number of carbonyl (C=O) groups is 1. The molecule has 2 N–H and O–H groups in total. The van der Waals surface area contributed by atoms with Gasteiger partial charge in [-0.15, -0.1) is 0 Å². The first-order valence-electron chi connectivity index (χ1n) is 6.77. The Labute approximate surface area is 154 Å². The van der Waals surface area contributed by atoms with Gasteiger partial charge >= 0.3 is 0 Å². The molecule has 0 aliphatic rings. The van der Waals surface area contributed by atoms with Crippen LogP contribution in [0.2, 0.25) is 5.02 Å². The first-order valence-corrected chi connectivity index (χ1v) is 8.28. The molecule has 3 nitrogen and oxygen atoms in total. The quantitative estimate of drug-likeness (QED) is 0.579.